The van der Waals surface area contributed by atoms with Gasteiger partial charge in [-0.05, 0) is 36.6 Å². The van der Waals surface area contributed by atoms with E-state index in [2.05, 4.69) is 5.32 Å². The standard InChI is InChI=1S/C17H19NO2/c1-13(20)17(15-5-3-2-4-6-15)18-16-9-7-14(8-10-16)11-12-19/h2-10,17-19H,11-12H2,1H3. The number of aliphatic hydroxyl groups excluding tert-OH is 1. The van der Waals surface area contributed by atoms with Crippen molar-refractivity contribution in [3.05, 3.63) is 65.7 Å². The lowest BCUT2D eigenvalue weighted by Crippen LogP contribution is -2.18. The summed E-state index contributed by atoms with van der Waals surface area (Å²) in [5.41, 5.74) is 2.94. The number of aliphatic hydroxyl groups is 1. The summed E-state index contributed by atoms with van der Waals surface area (Å²) < 4.78 is 0. The van der Waals surface area contributed by atoms with Gasteiger partial charge in [-0.15, -0.1) is 0 Å². The normalized spacial score (nSPS) is 11.9. The summed E-state index contributed by atoms with van der Waals surface area (Å²) in [6, 6.07) is 17.1. The molecule has 0 saturated carbocycles. The van der Waals surface area contributed by atoms with Crippen molar-refractivity contribution < 1.29 is 9.90 Å². The van der Waals surface area contributed by atoms with Gasteiger partial charge in [-0.2, -0.15) is 0 Å². The van der Waals surface area contributed by atoms with Crippen LogP contribution < -0.4 is 5.32 Å². The van der Waals surface area contributed by atoms with Crippen molar-refractivity contribution in [3.8, 4) is 0 Å². The summed E-state index contributed by atoms with van der Waals surface area (Å²) in [6.45, 7) is 1.73. The van der Waals surface area contributed by atoms with Crippen LogP contribution in [0, 0.1) is 0 Å². The highest BCUT2D eigenvalue weighted by molar-refractivity contribution is 5.85. The van der Waals surface area contributed by atoms with Gasteiger partial charge in [-0.1, -0.05) is 42.5 Å². The number of hydrogen-bond donors (Lipinski definition) is 2. The Bertz CT molecular complexity index is 549. The van der Waals surface area contributed by atoms with Crippen LogP contribution in [0.4, 0.5) is 5.69 Å². The largest absolute Gasteiger partial charge is 0.396 e. The molecule has 3 nitrogen and oxygen atoms in total. The first-order chi connectivity index (χ1) is 9.70. The Hall–Kier alpha value is -2.13. The molecule has 1 atom stereocenters. The quantitative estimate of drug-likeness (QED) is 0.847. The fourth-order valence-electron chi connectivity index (χ4n) is 2.13. The Morgan fingerprint density at radius 2 is 1.75 bits per heavy atom. The number of anilines is 1. The summed E-state index contributed by atoms with van der Waals surface area (Å²) in [7, 11) is 0. The van der Waals surface area contributed by atoms with Gasteiger partial charge in [0.2, 0.25) is 0 Å². The molecule has 0 aliphatic carbocycles. The molecule has 0 saturated heterocycles. The van der Waals surface area contributed by atoms with Crippen LogP contribution in [0.15, 0.2) is 54.6 Å². The average molecular weight is 269 g/mol. The van der Waals surface area contributed by atoms with E-state index in [1.807, 2.05) is 54.6 Å². The van der Waals surface area contributed by atoms with Crippen LogP contribution in [0.2, 0.25) is 0 Å². The molecule has 104 valence electrons. The van der Waals surface area contributed by atoms with Gasteiger partial charge in [-0.3, -0.25) is 4.79 Å². The van der Waals surface area contributed by atoms with E-state index >= 15 is 0 Å². The van der Waals surface area contributed by atoms with Gasteiger partial charge in [0.25, 0.3) is 0 Å². The Kier molecular flexibility index (Phi) is 4.91. The Morgan fingerprint density at radius 1 is 1.10 bits per heavy atom. The molecule has 2 aromatic carbocycles. The number of hydrogen-bond acceptors (Lipinski definition) is 3. The molecule has 0 aliphatic heterocycles. The van der Waals surface area contributed by atoms with Gasteiger partial charge in [0.15, 0.2) is 5.78 Å². The first-order valence-corrected chi connectivity index (χ1v) is 6.72. The fraction of sp³-hybridized carbons (Fsp3) is 0.235. The molecule has 0 aliphatic rings. The molecule has 20 heavy (non-hydrogen) atoms. The summed E-state index contributed by atoms with van der Waals surface area (Å²) in [5, 5.41) is 12.1. The van der Waals surface area contributed by atoms with E-state index in [0.717, 1.165) is 16.8 Å². The van der Waals surface area contributed by atoms with Gasteiger partial charge in [-0.25, -0.2) is 0 Å². The van der Waals surface area contributed by atoms with Crippen LogP contribution in [0.1, 0.15) is 24.1 Å². The smallest absolute Gasteiger partial charge is 0.156 e. The van der Waals surface area contributed by atoms with E-state index in [4.69, 9.17) is 5.11 Å². The summed E-state index contributed by atoms with van der Waals surface area (Å²) >= 11 is 0. The molecule has 2 rings (SSSR count). The van der Waals surface area contributed by atoms with Crippen LogP contribution in [0.5, 0.6) is 0 Å². The second-order valence-corrected chi connectivity index (χ2v) is 4.77. The molecule has 3 heteroatoms. The number of ketones is 1. The average Bonchev–Trinajstić information content (AvgIpc) is 2.47. The van der Waals surface area contributed by atoms with Crippen LogP contribution in [0.3, 0.4) is 0 Å². The lowest BCUT2D eigenvalue weighted by atomic mass is 10.0. The highest BCUT2D eigenvalue weighted by atomic mass is 16.2. The number of carbonyl (C=O) groups excluding carboxylic acids is 1. The monoisotopic (exact) mass is 269 g/mol. The maximum Gasteiger partial charge on any atom is 0.156 e. The predicted molar refractivity (Wildman–Crippen MR) is 80.7 cm³/mol. The first kappa shape index (κ1) is 14.3. The van der Waals surface area contributed by atoms with Gasteiger partial charge < -0.3 is 10.4 Å². The molecule has 1 unspecified atom stereocenters. The van der Waals surface area contributed by atoms with E-state index < -0.39 is 0 Å². The molecule has 2 aromatic rings. The number of Topliss-reactive ketones (excluding diaryl/α,β-unsaturated/α-hetero) is 1. The SMILES string of the molecule is CC(=O)C(Nc1ccc(CCO)cc1)c1ccccc1. The zero-order chi connectivity index (χ0) is 14.4. The second-order valence-electron chi connectivity index (χ2n) is 4.77. The van der Waals surface area contributed by atoms with Crippen LogP contribution in [-0.4, -0.2) is 17.5 Å². The number of carbonyl (C=O) groups is 1. The van der Waals surface area contributed by atoms with E-state index in [1.54, 1.807) is 6.92 Å². The van der Waals surface area contributed by atoms with Crippen molar-refractivity contribution >= 4 is 11.5 Å². The molecule has 0 heterocycles. The van der Waals surface area contributed by atoms with Gasteiger partial charge in [0, 0.05) is 12.3 Å². The number of nitrogens with one attached hydrogen (secondary N) is 1. The van der Waals surface area contributed by atoms with Gasteiger partial charge >= 0.3 is 0 Å². The Morgan fingerprint density at radius 3 is 2.30 bits per heavy atom. The minimum Gasteiger partial charge on any atom is -0.396 e. The lowest BCUT2D eigenvalue weighted by Gasteiger charge is -2.17. The number of benzene rings is 2. The van der Waals surface area contributed by atoms with Crippen LogP contribution in [-0.2, 0) is 11.2 Å². The van der Waals surface area contributed by atoms with Gasteiger partial charge in [0.1, 0.15) is 6.04 Å². The highest BCUT2D eigenvalue weighted by Crippen LogP contribution is 2.21. The zero-order valence-corrected chi connectivity index (χ0v) is 11.5. The minimum absolute atomic E-state index is 0.0793. The van der Waals surface area contributed by atoms with E-state index in [-0.39, 0.29) is 18.4 Å². The molecule has 0 spiro atoms. The summed E-state index contributed by atoms with van der Waals surface area (Å²) in [6.07, 6.45) is 0.648. The van der Waals surface area contributed by atoms with Crippen molar-refractivity contribution in [2.24, 2.45) is 0 Å². The third-order valence-corrected chi connectivity index (χ3v) is 3.20. The van der Waals surface area contributed by atoms with E-state index in [9.17, 15) is 4.79 Å². The molecular weight excluding hydrogens is 250 g/mol. The predicted octanol–water partition coefficient (Wildman–Crippen LogP) is 2.96. The van der Waals surface area contributed by atoms with Crippen molar-refractivity contribution in [3.63, 3.8) is 0 Å². The van der Waals surface area contributed by atoms with Crippen molar-refractivity contribution in [1.82, 2.24) is 0 Å². The third-order valence-electron chi connectivity index (χ3n) is 3.20. The topological polar surface area (TPSA) is 49.3 Å². The van der Waals surface area contributed by atoms with Crippen molar-refractivity contribution in [1.29, 1.82) is 0 Å². The maximum atomic E-state index is 11.8. The van der Waals surface area contributed by atoms with Crippen LogP contribution >= 0.6 is 0 Å². The Labute approximate surface area is 119 Å². The Balaban J connectivity index is 2.14. The molecule has 0 radical (unpaired) electrons. The summed E-state index contributed by atoms with van der Waals surface area (Å²) in [4.78, 5) is 11.8. The van der Waals surface area contributed by atoms with E-state index in [1.165, 1.54) is 0 Å². The van der Waals surface area contributed by atoms with E-state index in [0.29, 0.717) is 6.42 Å². The second kappa shape index (κ2) is 6.87. The summed E-state index contributed by atoms with van der Waals surface area (Å²) in [5.74, 6) is 0.0793. The number of rotatable bonds is 6. The first-order valence-electron chi connectivity index (χ1n) is 6.72. The third kappa shape index (κ3) is 3.68. The molecule has 0 bridgehead atoms. The van der Waals surface area contributed by atoms with Gasteiger partial charge in [0.05, 0.1) is 0 Å². The lowest BCUT2D eigenvalue weighted by molar-refractivity contribution is -0.117. The maximum absolute atomic E-state index is 11.8. The molecule has 0 aromatic heterocycles. The molecule has 2 N–H and O–H groups in total. The molecule has 0 amide bonds. The molecular formula is C17H19NO2. The van der Waals surface area contributed by atoms with Crippen molar-refractivity contribution in [2.75, 3.05) is 11.9 Å². The zero-order valence-electron chi connectivity index (χ0n) is 11.5. The highest BCUT2D eigenvalue weighted by Gasteiger charge is 2.15. The van der Waals surface area contributed by atoms with Crippen LogP contribution in [0.25, 0.3) is 0 Å². The molecule has 0 fully saturated rings. The fourth-order valence-corrected chi connectivity index (χ4v) is 2.13. The van der Waals surface area contributed by atoms with Crippen molar-refractivity contribution in [2.45, 2.75) is 19.4 Å². The minimum atomic E-state index is -0.333.